The topological polar surface area (TPSA) is 147 Å². The average molecular weight is 495 g/mol. The molecule has 0 atom stereocenters. The summed E-state index contributed by atoms with van der Waals surface area (Å²) >= 11 is 0. The van der Waals surface area contributed by atoms with Crippen LogP contribution in [-0.2, 0) is 11.2 Å². The van der Waals surface area contributed by atoms with Crippen LogP contribution < -0.4 is 15.4 Å². The highest BCUT2D eigenvalue weighted by Gasteiger charge is 2.27. The third kappa shape index (κ3) is 5.52. The van der Waals surface area contributed by atoms with Crippen LogP contribution in [0.15, 0.2) is 83.4 Å². The van der Waals surface area contributed by atoms with Gasteiger partial charge in [0, 0.05) is 35.4 Å². The fraction of sp³-hybridized carbons (Fsp3) is 0.111. The van der Waals surface area contributed by atoms with Crippen molar-refractivity contribution in [2.45, 2.75) is 6.42 Å². The molecule has 37 heavy (non-hydrogen) atoms. The number of nitro benzene ring substituents is 1. The zero-order chi connectivity index (χ0) is 26.4. The van der Waals surface area contributed by atoms with Crippen molar-refractivity contribution in [1.82, 2.24) is 10.6 Å². The van der Waals surface area contributed by atoms with Crippen molar-refractivity contribution in [2.24, 2.45) is 4.99 Å². The Morgan fingerprint density at radius 2 is 1.70 bits per heavy atom. The van der Waals surface area contributed by atoms with Gasteiger partial charge >= 0.3 is 0 Å². The molecule has 0 bridgehead atoms. The molecular weight excluding hydrogens is 474 g/mol. The molecule has 0 saturated carbocycles. The lowest BCUT2D eigenvalue weighted by molar-refractivity contribution is -0.384. The minimum Gasteiger partial charge on any atom is -0.497 e. The van der Waals surface area contributed by atoms with E-state index in [0.717, 1.165) is 11.3 Å². The number of fused-ring (bicyclic) bond motifs is 1. The Morgan fingerprint density at radius 3 is 2.32 bits per heavy atom. The standard InChI is InChI=1S/C27H21N5O5/c1-37-20-12-6-17(7-13-20)14-15-29-27(34)23(16-28)24-21-4-2-3-5-22(21)25(30-24)31-26(33)18-8-10-19(11-9-18)32(35)36/h2-13H,14-15H2,1H3,(H,29,34)(H,30,31,33)/b24-23-. The third-order valence-electron chi connectivity index (χ3n) is 5.67. The van der Waals surface area contributed by atoms with Crippen LogP contribution in [0.3, 0.4) is 0 Å². The van der Waals surface area contributed by atoms with Gasteiger partial charge in [-0.1, -0.05) is 36.4 Å². The molecule has 0 unspecified atom stereocenters. The number of methoxy groups -OCH3 is 1. The lowest BCUT2D eigenvalue weighted by atomic mass is 10.0. The maximum absolute atomic E-state index is 12.9. The number of carbonyl (C=O) groups is 2. The summed E-state index contributed by atoms with van der Waals surface area (Å²) in [5.41, 5.74) is 2.10. The second kappa shape index (κ2) is 11.0. The molecule has 0 aliphatic carbocycles. The minimum atomic E-state index is -0.576. The molecule has 3 aromatic carbocycles. The molecule has 3 aromatic rings. The number of benzene rings is 3. The minimum absolute atomic E-state index is 0.137. The van der Waals surface area contributed by atoms with Gasteiger partial charge in [0.2, 0.25) is 0 Å². The molecule has 1 heterocycles. The Kier molecular flexibility index (Phi) is 7.35. The molecule has 0 fully saturated rings. The predicted molar refractivity (Wildman–Crippen MR) is 136 cm³/mol. The summed E-state index contributed by atoms with van der Waals surface area (Å²) in [4.78, 5) is 40.3. The van der Waals surface area contributed by atoms with E-state index in [9.17, 15) is 25.0 Å². The van der Waals surface area contributed by atoms with Gasteiger partial charge in [0.1, 0.15) is 23.2 Å². The van der Waals surface area contributed by atoms with Crippen LogP contribution in [0.5, 0.6) is 5.75 Å². The van der Waals surface area contributed by atoms with E-state index < -0.39 is 16.7 Å². The summed E-state index contributed by atoms with van der Waals surface area (Å²) in [6.07, 6.45) is 0.556. The Morgan fingerprint density at radius 1 is 1.03 bits per heavy atom. The van der Waals surface area contributed by atoms with Crippen molar-refractivity contribution in [3.63, 3.8) is 0 Å². The van der Waals surface area contributed by atoms with Gasteiger partial charge < -0.3 is 15.4 Å². The van der Waals surface area contributed by atoms with Crippen molar-refractivity contribution < 1.29 is 19.2 Å². The van der Waals surface area contributed by atoms with Crippen molar-refractivity contribution in [2.75, 3.05) is 13.7 Å². The molecule has 0 spiro atoms. The largest absolute Gasteiger partial charge is 0.497 e. The van der Waals surface area contributed by atoms with E-state index in [0.29, 0.717) is 24.1 Å². The molecule has 0 aromatic heterocycles. The molecule has 184 valence electrons. The molecule has 0 saturated heterocycles. The Hall–Kier alpha value is -5.30. The van der Waals surface area contributed by atoms with E-state index >= 15 is 0 Å². The fourth-order valence-electron chi connectivity index (χ4n) is 3.74. The molecule has 10 heteroatoms. The van der Waals surface area contributed by atoms with Crippen LogP contribution in [0.4, 0.5) is 5.69 Å². The zero-order valence-corrected chi connectivity index (χ0v) is 19.7. The lowest BCUT2D eigenvalue weighted by Crippen LogP contribution is -2.30. The first kappa shape index (κ1) is 24.8. The molecule has 1 aliphatic rings. The molecule has 0 radical (unpaired) electrons. The van der Waals surface area contributed by atoms with Gasteiger partial charge in [-0.15, -0.1) is 0 Å². The van der Waals surface area contributed by atoms with Crippen molar-refractivity contribution >= 4 is 29.0 Å². The third-order valence-corrected chi connectivity index (χ3v) is 5.67. The SMILES string of the molecule is COc1ccc(CCNC(=O)/C(C#N)=C2\N=C(NC(=O)c3ccc([N+](=O)[O-])cc3)c3ccccc32)cc1. The monoisotopic (exact) mass is 495 g/mol. The highest BCUT2D eigenvalue weighted by atomic mass is 16.6. The number of nitro groups is 1. The molecule has 4 rings (SSSR count). The second-order valence-electron chi connectivity index (χ2n) is 7.95. The van der Waals surface area contributed by atoms with Gasteiger partial charge in [0.05, 0.1) is 17.7 Å². The molecular formula is C27H21N5O5. The fourth-order valence-corrected chi connectivity index (χ4v) is 3.74. The van der Waals surface area contributed by atoms with Gasteiger partial charge in [-0.3, -0.25) is 19.7 Å². The number of hydrogen-bond donors (Lipinski definition) is 2. The Balaban J connectivity index is 1.53. The normalized spacial score (nSPS) is 13.0. The summed E-state index contributed by atoms with van der Waals surface area (Å²) in [6.45, 7) is 0.304. The Bertz CT molecular complexity index is 1470. The molecule has 2 amide bonds. The van der Waals surface area contributed by atoms with Crippen molar-refractivity contribution in [3.05, 3.63) is 111 Å². The maximum atomic E-state index is 12.9. The molecule has 1 aliphatic heterocycles. The van der Waals surface area contributed by atoms with Crippen LogP contribution in [-0.4, -0.2) is 36.2 Å². The summed E-state index contributed by atoms with van der Waals surface area (Å²) in [6, 6.07) is 21.4. The quantitative estimate of drug-likeness (QED) is 0.222. The molecule has 10 nitrogen and oxygen atoms in total. The number of amidine groups is 1. The van der Waals surface area contributed by atoms with E-state index in [-0.39, 0.29) is 28.4 Å². The number of nitrogens with zero attached hydrogens (tertiary/aromatic N) is 3. The van der Waals surface area contributed by atoms with Crippen molar-refractivity contribution in [3.8, 4) is 11.8 Å². The van der Waals surface area contributed by atoms with Crippen LogP contribution in [0.25, 0.3) is 5.70 Å². The van der Waals surface area contributed by atoms with Crippen LogP contribution in [0.1, 0.15) is 27.0 Å². The van der Waals surface area contributed by atoms with Crippen LogP contribution in [0, 0.1) is 21.4 Å². The first-order chi connectivity index (χ1) is 17.9. The highest BCUT2D eigenvalue weighted by molar-refractivity contribution is 6.20. The van der Waals surface area contributed by atoms with Gasteiger partial charge in [0.15, 0.2) is 0 Å². The number of nitrogens with one attached hydrogen (secondary N) is 2. The molecule has 2 N–H and O–H groups in total. The summed E-state index contributed by atoms with van der Waals surface area (Å²) < 4.78 is 5.14. The smallest absolute Gasteiger partial charge is 0.269 e. The zero-order valence-electron chi connectivity index (χ0n) is 19.7. The summed E-state index contributed by atoms with van der Waals surface area (Å²) in [5, 5.41) is 26.1. The number of hydrogen-bond acceptors (Lipinski definition) is 7. The van der Waals surface area contributed by atoms with E-state index in [1.165, 1.54) is 24.3 Å². The van der Waals surface area contributed by atoms with E-state index in [2.05, 4.69) is 15.6 Å². The summed E-state index contributed by atoms with van der Waals surface area (Å²) in [5.74, 6) is -0.203. The summed E-state index contributed by atoms with van der Waals surface area (Å²) in [7, 11) is 1.59. The lowest BCUT2D eigenvalue weighted by Gasteiger charge is -2.07. The number of ether oxygens (including phenoxy) is 1. The number of non-ortho nitro benzene ring substituents is 1. The Labute approximate surface area is 212 Å². The number of amides is 2. The predicted octanol–water partition coefficient (Wildman–Crippen LogP) is 3.39. The van der Waals surface area contributed by atoms with E-state index in [1.807, 2.05) is 30.3 Å². The van der Waals surface area contributed by atoms with Crippen LogP contribution in [0.2, 0.25) is 0 Å². The van der Waals surface area contributed by atoms with Gasteiger partial charge in [-0.25, -0.2) is 4.99 Å². The van der Waals surface area contributed by atoms with Gasteiger partial charge in [-0.05, 0) is 36.2 Å². The van der Waals surface area contributed by atoms with Crippen LogP contribution >= 0.6 is 0 Å². The highest BCUT2D eigenvalue weighted by Crippen LogP contribution is 2.30. The van der Waals surface area contributed by atoms with Crippen molar-refractivity contribution in [1.29, 1.82) is 5.26 Å². The first-order valence-corrected chi connectivity index (χ1v) is 11.2. The van der Waals surface area contributed by atoms with Gasteiger partial charge in [0.25, 0.3) is 17.5 Å². The number of rotatable bonds is 7. The van der Waals surface area contributed by atoms with E-state index in [1.54, 1.807) is 31.4 Å². The number of nitriles is 1. The first-order valence-electron chi connectivity index (χ1n) is 11.2. The number of aliphatic imine (C=N–C) groups is 1. The van der Waals surface area contributed by atoms with E-state index in [4.69, 9.17) is 4.74 Å². The second-order valence-corrected chi connectivity index (χ2v) is 7.95. The maximum Gasteiger partial charge on any atom is 0.269 e. The number of carbonyl (C=O) groups excluding carboxylic acids is 2. The van der Waals surface area contributed by atoms with Gasteiger partial charge in [-0.2, -0.15) is 5.26 Å². The average Bonchev–Trinajstić information content (AvgIpc) is 3.27.